The van der Waals surface area contributed by atoms with Crippen molar-refractivity contribution < 1.29 is 23.7 Å². The van der Waals surface area contributed by atoms with E-state index in [9.17, 15) is 8.78 Å². The van der Waals surface area contributed by atoms with E-state index in [1.165, 1.54) is 7.11 Å². The van der Waals surface area contributed by atoms with Crippen LogP contribution in [0.1, 0.15) is 5.56 Å². The van der Waals surface area contributed by atoms with Gasteiger partial charge in [0.05, 0.1) is 19.8 Å². The summed E-state index contributed by atoms with van der Waals surface area (Å²) in [4.78, 5) is 0. The quantitative estimate of drug-likeness (QED) is 0.681. The molecule has 96 valence electrons. The van der Waals surface area contributed by atoms with Crippen LogP contribution in [0.4, 0.5) is 8.78 Å². The van der Waals surface area contributed by atoms with E-state index in [4.69, 9.17) is 10.2 Å². The first kappa shape index (κ1) is 13.8. The van der Waals surface area contributed by atoms with E-state index in [0.717, 1.165) is 12.1 Å². The third-order valence-corrected chi connectivity index (χ3v) is 2.23. The van der Waals surface area contributed by atoms with Crippen LogP contribution in [-0.2, 0) is 6.54 Å². The maximum absolute atomic E-state index is 13.4. The highest BCUT2D eigenvalue weighted by Gasteiger charge is 2.10. The number of rotatable bonds is 6. The Morgan fingerprint density at radius 2 is 2.06 bits per heavy atom. The number of aliphatic hydroxyl groups excluding tert-OH is 2. The van der Waals surface area contributed by atoms with Crippen LogP contribution < -0.4 is 10.1 Å². The fourth-order valence-electron chi connectivity index (χ4n) is 1.30. The summed E-state index contributed by atoms with van der Waals surface area (Å²) in [7, 11) is 1.26. The second-order valence-electron chi connectivity index (χ2n) is 3.55. The normalized spacial score (nSPS) is 12.5. The lowest BCUT2D eigenvalue weighted by Crippen LogP contribution is -2.29. The SMILES string of the molecule is COc1cc(F)c(CNCC(O)CO)cc1F. The van der Waals surface area contributed by atoms with Crippen LogP contribution >= 0.6 is 0 Å². The zero-order chi connectivity index (χ0) is 12.8. The summed E-state index contributed by atoms with van der Waals surface area (Å²) < 4.78 is 31.3. The highest BCUT2D eigenvalue weighted by Crippen LogP contribution is 2.20. The Hall–Kier alpha value is -1.24. The molecule has 0 fully saturated rings. The number of halogens is 2. The van der Waals surface area contributed by atoms with Crippen molar-refractivity contribution >= 4 is 0 Å². The average Bonchev–Trinajstić information content (AvgIpc) is 2.32. The summed E-state index contributed by atoms with van der Waals surface area (Å²) in [6, 6.07) is 2.00. The summed E-state index contributed by atoms with van der Waals surface area (Å²) in [5.74, 6) is -1.38. The lowest BCUT2D eigenvalue weighted by Gasteiger charge is -2.10. The molecule has 1 aromatic rings. The molecule has 17 heavy (non-hydrogen) atoms. The van der Waals surface area contributed by atoms with Crippen LogP contribution in [0.3, 0.4) is 0 Å². The third-order valence-electron chi connectivity index (χ3n) is 2.23. The van der Waals surface area contributed by atoms with Crippen molar-refractivity contribution in [2.45, 2.75) is 12.6 Å². The van der Waals surface area contributed by atoms with E-state index in [0.29, 0.717) is 0 Å². The van der Waals surface area contributed by atoms with Gasteiger partial charge in [-0.05, 0) is 6.07 Å². The van der Waals surface area contributed by atoms with Crippen molar-refractivity contribution in [2.24, 2.45) is 0 Å². The van der Waals surface area contributed by atoms with Gasteiger partial charge in [0.2, 0.25) is 0 Å². The highest BCUT2D eigenvalue weighted by molar-refractivity contribution is 5.30. The van der Waals surface area contributed by atoms with E-state index in [1.807, 2.05) is 0 Å². The maximum atomic E-state index is 13.4. The minimum absolute atomic E-state index is 0.0593. The summed E-state index contributed by atoms with van der Waals surface area (Å²) in [6.45, 7) is -0.222. The molecule has 0 radical (unpaired) electrons. The number of ether oxygens (including phenoxy) is 1. The molecule has 0 heterocycles. The maximum Gasteiger partial charge on any atom is 0.165 e. The molecule has 0 aliphatic carbocycles. The Labute approximate surface area is 97.8 Å². The fraction of sp³-hybridized carbons (Fsp3) is 0.455. The van der Waals surface area contributed by atoms with Gasteiger partial charge >= 0.3 is 0 Å². The van der Waals surface area contributed by atoms with Gasteiger partial charge in [0.1, 0.15) is 5.82 Å². The van der Waals surface area contributed by atoms with Crippen LogP contribution in [0.2, 0.25) is 0 Å². The van der Waals surface area contributed by atoms with Gasteiger partial charge in [0.15, 0.2) is 11.6 Å². The van der Waals surface area contributed by atoms with Crippen molar-refractivity contribution in [1.29, 1.82) is 0 Å². The third kappa shape index (κ3) is 3.92. The van der Waals surface area contributed by atoms with Crippen LogP contribution in [0, 0.1) is 11.6 Å². The topological polar surface area (TPSA) is 61.7 Å². The van der Waals surface area contributed by atoms with E-state index >= 15 is 0 Å². The highest BCUT2D eigenvalue weighted by atomic mass is 19.1. The molecule has 0 amide bonds. The van der Waals surface area contributed by atoms with Crippen molar-refractivity contribution in [3.8, 4) is 5.75 Å². The van der Waals surface area contributed by atoms with E-state index in [-0.39, 0.29) is 31.0 Å². The van der Waals surface area contributed by atoms with Crippen LogP contribution in [0.25, 0.3) is 0 Å². The second-order valence-corrected chi connectivity index (χ2v) is 3.55. The first-order valence-corrected chi connectivity index (χ1v) is 5.10. The first-order valence-electron chi connectivity index (χ1n) is 5.10. The average molecular weight is 247 g/mol. The fourth-order valence-corrected chi connectivity index (χ4v) is 1.30. The molecular weight excluding hydrogens is 232 g/mol. The number of nitrogens with one attached hydrogen (secondary N) is 1. The Kier molecular flexibility index (Phi) is 5.27. The number of hydrogen-bond acceptors (Lipinski definition) is 4. The van der Waals surface area contributed by atoms with E-state index in [2.05, 4.69) is 10.1 Å². The molecule has 1 rings (SSSR count). The van der Waals surface area contributed by atoms with Crippen LogP contribution in [0.5, 0.6) is 5.75 Å². The van der Waals surface area contributed by atoms with Crippen molar-refractivity contribution in [1.82, 2.24) is 5.32 Å². The minimum atomic E-state index is -0.916. The van der Waals surface area contributed by atoms with Gasteiger partial charge in [-0.1, -0.05) is 0 Å². The Balaban J connectivity index is 2.62. The Bertz CT molecular complexity index is 374. The van der Waals surface area contributed by atoms with Crippen molar-refractivity contribution in [2.75, 3.05) is 20.3 Å². The van der Waals surface area contributed by atoms with Gasteiger partial charge < -0.3 is 20.3 Å². The Morgan fingerprint density at radius 1 is 1.35 bits per heavy atom. The predicted molar refractivity (Wildman–Crippen MR) is 57.7 cm³/mol. The molecule has 3 N–H and O–H groups in total. The predicted octanol–water partition coefficient (Wildman–Crippen LogP) is 0.416. The molecule has 6 heteroatoms. The molecule has 1 aromatic carbocycles. The number of hydrogen-bond donors (Lipinski definition) is 3. The summed E-state index contributed by atoms with van der Waals surface area (Å²) >= 11 is 0. The van der Waals surface area contributed by atoms with Gasteiger partial charge in [-0.2, -0.15) is 0 Å². The monoisotopic (exact) mass is 247 g/mol. The standard InChI is InChI=1S/C11H15F2NO3/c1-17-11-3-9(12)7(2-10(11)13)4-14-5-8(16)6-15/h2-3,8,14-16H,4-6H2,1H3. The zero-order valence-electron chi connectivity index (χ0n) is 9.41. The van der Waals surface area contributed by atoms with E-state index in [1.54, 1.807) is 0 Å². The molecule has 0 aromatic heterocycles. The second kappa shape index (κ2) is 6.48. The summed E-state index contributed by atoms with van der Waals surface area (Å²) in [5, 5.41) is 20.3. The van der Waals surface area contributed by atoms with Gasteiger partial charge in [0.25, 0.3) is 0 Å². The molecular formula is C11H15F2NO3. The van der Waals surface area contributed by atoms with Crippen LogP contribution in [-0.4, -0.2) is 36.6 Å². The number of benzene rings is 1. The smallest absolute Gasteiger partial charge is 0.165 e. The zero-order valence-corrected chi connectivity index (χ0v) is 9.41. The minimum Gasteiger partial charge on any atom is -0.494 e. The molecule has 0 spiro atoms. The number of methoxy groups -OCH3 is 1. The first-order chi connectivity index (χ1) is 8.08. The number of aliphatic hydroxyl groups is 2. The molecule has 1 unspecified atom stereocenters. The molecule has 0 saturated carbocycles. The lowest BCUT2D eigenvalue weighted by atomic mass is 10.2. The van der Waals surface area contributed by atoms with Gasteiger partial charge in [-0.15, -0.1) is 0 Å². The molecule has 0 aliphatic heterocycles. The van der Waals surface area contributed by atoms with Crippen molar-refractivity contribution in [3.05, 3.63) is 29.3 Å². The molecule has 1 atom stereocenters. The summed E-state index contributed by atoms with van der Waals surface area (Å²) in [5.41, 5.74) is 0.133. The lowest BCUT2D eigenvalue weighted by molar-refractivity contribution is 0.0941. The molecule has 4 nitrogen and oxygen atoms in total. The van der Waals surface area contributed by atoms with Gasteiger partial charge in [-0.25, -0.2) is 8.78 Å². The molecule has 0 aliphatic rings. The van der Waals surface area contributed by atoms with Crippen LogP contribution in [0.15, 0.2) is 12.1 Å². The van der Waals surface area contributed by atoms with Gasteiger partial charge in [0, 0.05) is 24.7 Å². The van der Waals surface area contributed by atoms with E-state index < -0.39 is 17.7 Å². The largest absolute Gasteiger partial charge is 0.494 e. The summed E-state index contributed by atoms with van der Waals surface area (Å²) in [6.07, 6.45) is -0.916. The van der Waals surface area contributed by atoms with Gasteiger partial charge in [-0.3, -0.25) is 0 Å². The molecule has 0 bridgehead atoms. The van der Waals surface area contributed by atoms with Crippen molar-refractivity contribution in [3.63, 3.8) is 0 Å². The Morgan fingerprint density at radius 3 is 2.65 bits per heavy atom. The molecule has 0 saturated heterocycles.